The highest BCUT2D eigenvalue weighted by molar-refractivity contribution is 5.37. The molecule has 2 N–H and O–H groups in total. The van der Waals surface area contributed by atoms with Crippen LogP contribution < -0.4 is 5.73 Å². The van der Waals surface area contributed by atoms with Crippen LogP contribution in [0.5, 0.6) is 0 Å². The average Bonchev–Trinajstić information content (AvgIpc) is 2.30. The van der Waals surface area contributed by atoms with Crippen molar-refractivity contribution in [1.29, 1.82) is 0 Å². The Balaban J connectivity index is 2.22. The van der Waals surface area contributed by atoms with E-state index in [9.17, 15) is 0 Å². The van der Waals surface area contributed by atoms with Crippen molar-refractivity contribution in [3.05, 3.63) is 23.4 Å². The van der Waals surface area contributed by atoms with Crippen molar-refractivity contribution < 1.29 is 0 Å². The molecule has 2 heterocycles. The summed E-state index contributed by atoms with van der Waals surface area (Å²) < 4.78 is 0. The van der Waals surface area contributed by atoms with E-state index in [4.69, 9.17) is 5.73 Å². The predicted octanol–water partition coefficient (Wildman–Crippen LogP) is 3.16. The van der Waals surface area contributed by atoms with Crippen molar-refractivity contribution in [2.75, 3.05) is 18.8 Å². The van der Waals surface area contributed by atoms with E-state index in [-0.39, 0.29) is 0 Å². The molecular weight excluding hydrogens is 222 g/mol. The minimum Gasteiger partial charge on any atom is -0.384 e. The summed E-state index contributed by atoms with van der Waals surface area (Å²) in [6.07, 6.45) is 5.88. The van der Waals surface area contributed by atoms with Crippen molar-refractivity contribution in [2.45, 2.75) is 46.1 Å². The third kappa shape index (κ3) is 3.02. The summed E-state index contributed by atoms with van der Waals surface area (Å²) in [5.41, 5.74) is 8.39. The number of hydrogen-bond donors (Lipinski definition) is 1. The van der Waals surface area contributed by atoms with Crippen LogP contribution in [-0.4, -0.2) is 23.0 Å². The number of aromatic nitrogens is 1. The van der Waals surface area contributed by atoms with Crippen LogP contribution in [0.25, 0.3) is 0 Å². The lowest BCUT2D eigenvalue weighted by molar-refractivity contribution is 0.131. The zero-order valence-corrected chi connectivity index (χ0v) is 11.8. The second-order valence-electron chi connectivity index (χ2n) is 5.87. The smallest absolute Gasteiger partial charge is 0.123 e. The monoisotopic (exact) mass is 247 g/mol. The highest BCUT2D eigenvalue weighted by Gasteiger charge is 2.25. The van der Waals surface area contributed by atoms with Crippen molar-refractivity contribution >= 4 is 5.82 Å². The molecule has 1 saturated heterocycles. The first-order valence-electron chi connectivity index (χ1n) is 7.04. The molecule has 1 fully saturated rings. The van der Waals surface area contributed by atoms with Gasteiger partial charge < -0.3 is 5.73 Å². The standard InChI is InChI=1S/C15H25N3/c1-11(2)10-18-7-5-4-6-14(18)13-9-17-15(16)8-12(13)3/h8-9,11,14H,4-7,10H2,1-3H3,(H2,16,17)/t14-/m1/s1. The summed E-state index contributed by atoms with van der Waals surface area (Å²) in [5.74, 6) is 1.34. The van der Waals surface area contributed by atoms with Gasteiger partial charge in [-0.2, -0.15) is 0 Å². The molecule has 0 radical (unpaired) electrons. The first-order valence-corrected chi connectivity index (χ1v) is 7.04. The van der Waals surface area contributed by atoms with Crippen LogP contribution in [-0.2, 0) is 0 Å². The molecule has 1 aromatic rings. The number of piperidine rings is 1. The molecule has 0 aliphatic carbocycles. The van der Waals surface area contributed by atoms with E-state index < -0.39 is 0 Å². The van der Waals surface area contributed by atoms with Gasteiger partial charge in [0.2, 0.25) is 0 Å². The van der Waals surface area contributed by atoms with Crippen LogP contribution in [0.2, 0.25) is 0 Å². The molecule has 1 aliphatic rings. The topological polar surface area (TPSA) is 42.1 Å². The zero-order valence-electron chi connectivity index (χ0n) is 11.8. The third-order valence-electron chi connectivity index (χ3n) is 3.74. The van der Waals surface area contributed by atoms with Gasteiger partial charge >= 0.3 is 0 Å². The van der Waals surface area contributed by atoms with Crippen molar-refractivity contribution in [1.82, 2.24) is 9.88 Å². The molecule has 0 saturated carbocycles. The molecule has 0 bridgehead atoms. The molecule has 0 unspecified atom stereocenters. The number of likely N-dealkylation sites (tertiary alicyclic amines) is 1. The van der Waals surface area contributed by atoms with Gasteiger partial charge in [0.25, 0.3) is 0 Å². The molecule has 2 rings (SSSR count). The Hall–Kier alpha value is -1.09. The third-order valence-corrected chi connectivity index (χ3v) is 3.74. The van der Waals surface area contributed by atoms with Gasteiger partial charge in [-0.15, -0.1) is 0 Å². The Bertz CT molecular complexity index is 401. The maximum absolute atomic E-state index is 5.75. The maximum atomic E-state index is 5.75. The first kappa shape index (κ1) is 13.3. The average molecular weight is 247 g/mol. The predicted molar refractivity (Wildman–Crippen MR) is 76.4 cm³/mol. The number of pyridine rings is 1. The maximum Gasteiger partial charge on any atom is 0.123 e. The molecule has 100 valence electrons. The van der Waals surface area contributed by atoms with Gasteiger partial charge in [-0.1, -0.05) is 20.3 Å². The molecule has 3 nitrogen and oxygen atoms in total. The largest absolute Gasteiger partial charge is 0.384 e. The zero-order chi connectivity index (χ0) is 13.1. The summed E-state index contributed by atoms with van der Waals surface area (Å²) >= 11 is 0. The number of rotatable bonds is 3. The molecule has 0 spiro atoms. The van der Waals surface area contributed by atoms with Gasteiger partial charge in [0.15, 0.2) is 0 Å². The summed E-state index contributed by atoms with van der Waals surface area (Å²) in [4.78, 5) is 6.90. The minimum absolute atomic E-state index is 0.536. The van der Waals surface area contributed by atoms with Crippen molar-refractivity contribution in [3.63, 3.8) is 0 Å². The lowest BCUT2D eigenvalue weighted by Crippen LogP contribution is -2.36. The van der Waals surface area contributed by atoms with Crippen molar-refractivity contribution in [2.24, 2.45) is 5.92 Å². The van der Waals surface area contributed by atoms with E-state index in [2.05, 4.69) is 30.7 Å². The van der Waals surface area contributed by atoms with E-state index in [1.54, 1.807) is 0 Å². The first-order chi connectivity index (χ1) is 8.58. The lowest BCUT2D eigenvalue weighted by Gasteiger charge is -2.37. The second kappa shape index (κ2) is 5.70. The van der Waals surface area contributed by atoms with E-state index in [1.165, 1.54) is 43.5 Å². The number of hydrogen-bond acceptors (Lipinski definition) is 3. The molecule has 0 aromatic carbocycles. The number of nitrogen functional groups attached to an aromatic ring is 1. The van der Waals surface area contributed by atoms with E-state index in [0.717, 1.165) is 0 Å². The molecule has 0 amide bonds. The Labute approximate surface area is 110 Å². The van der Waals surface area contributed by atoms with Gasteiger partial charge in [0.05, 0.1) is 0 Å². The number of aryl methyl sites for hydroxylation is 1. The quantitative estimate of drug-likeness (QED) is 0.892. The number of nitrogens with two attached hydrogens (primary N) is 1. The molecule has 1 aromatic heterocycles. The summed E-state index contributed by atoms with van der Waals surface area (Å²) in [6.45, 7) is 9.12. The van der Waals surface area contributed by atoms with Gasteiger partial charge in [-0.25, -0.2) is 4.98 Å². The normalized spacial score (nSPS) is 21.4. The van der Waals surface area contributed by atoms with Gasteiger partial charge in [0.1, 0.15) is 5.82 Å². The van der Waals surface area contributed by atoms with Crippen LogP contribution in [0.15, 0.2) is 12.3 Å². The Morgan fingerprint density at radius 1 is 1.44 bits per heavy atom. The Morgan fingerprint density at radius 3 is 2.89 bits per heavy atom. The van der Waals surface area contributed by atoms with E-state index in [0.29, 0.717) is 17.8 Å². The number of nitrogens with zero attached hydrogens (tertiary/aromatic N) is 2. The summed E-state index contributed by atoms with van der Waals surface area (Å²) in [6, 6.07) is 2.53. The van der Waals surface area contributed by atoms with Crippen LogP contribution >= 0.6 is 0 Å². The van der Waals surface area contributed by atoms with Crippen LogP contribution in [0, 0.1) is 12.8 Å². The molecule has 18 heavy (non-hydrogen) atoms. The summed E-state index contributed by atoms with van der Waals surface area (Å²) in [5, 5.41) is 0. The number of anilines is 1. The Morgan fingerprint density at radius 2 is 2.22 bits per heavy atom. The fourth-order valence-corrected chi connectivity index (χ4v) is 2.97. The molecule has 1 aliphatic heterocycles. The van der Waals surface area contributed by atoms with Gasteiger partial charge in [-0.05, 0) is 49.4 Å². The molecule has 1 atom stereocenters. The van der Waals surface area contributed by atoms with Gasteiger partial charge in [-0.3, -0.25) is 4.90 Å². The minimum atomic E-state index is 0.536. The van der Waals surface area contributed by atoms with Gasteiger partial charge in [0, 0.05) is 18.8 Å². The second-order valence-corrected chi connectivity index (χ2v) is 5.87. The lowest BCUT2D eigenvalue weighted by atomic mass is 9.93. The highest BCUT2D eigenvalue weighted by atomic mass is 15.2. The Kier molecular flexibility index (Phi) is 4.23. The fraction of sp³-hybridized carbons (Fsp3) is 0.667. The molecule has 3 heteroatoms. The molecular formula is C15H25N3. The fourth-order valence-electron chi connectivity index (χ4n) is 2.97. The van der Waals surface area contributed by atoms with Crippen LogP contribution in [0.3, 0.4) is 0 Å². The van der Waals surface area contributed by atoms with E-state index >= 15 is 0 Å². The van der Waals surface area contributed by atoms with Crippen LogP contribution in [0.1, 0.15) is 50.3 Å². The van der Waals surface area contributed by atoms with E-state index in [1.807, 2.05) is 12.3 Å². The SMILES string of the molecule is Cc1cc(N)ncc1[C@H]1CCCCN1CC(C)C. The van der Waals surface area contributed by atoms with Crippen LogP contribution in [0.4, 0.5) is 5.82 Å². The highest BCUT2D eigenvalue weighted by Crippen LogP contribution is 2.33. The summed E-state index contributed by atoms with van der Waals surface area (Å²) in [7, 11) is 0. The van der Waals surface area contributed by atoms with Crippen molar-refractivity contribution in [3.8, 4) is 0 Å².